The molecule has 0 saturated heterocycles. The molecule has 1 unspecified atom stereocenters. The summed E-state index contributed by atoms with van der Waals surface area (Å²) >= 11 is 0. The zero-order valence-electron chi connectivity index (χ0n) is 12.3. The SMILES string of the molecule is Cc1cc(C(=O)N2CC(C)Cc3ccccc32)ccc1F. The van der Waals surface area contributed by atoms with E-state index in [0.717, 1.165) is 12.1 Å². The van der Waals surface area contributed by atoms with Crippen LogP contribution in [0.1, 0.15) is 28.4 Å². The zero-order chi connectivity index (χ0) is 15.0. The summed E-state index contributed by atoms with van der Waals surface area (Å²) in [7, 11) is 0. The van der Waals surface area contributed by atoms with Crippen molar-refractivity contribution in [1.82, 2.24) is 0 Å². The highest BCUT2D eigenvalue weighted by Crippen LogP contribution is 2.30. The van der Waals surface area contributed by atoms with Crippen molar-refractivity contribution in [2.45, 2.75) is 20.3 Å². The van der Waals surface area contributed by atoms with Crippen molar-refractivity contribution < 1.29 is 9.18 Å². The van der Waals surface area contributed by atoms with Crippen LogP contribution in [0.4, 0.5) is 10.1 Å². The summed E-state index contributed by atoms with van der Waals surface area (Å²) in [5.41, 5.74) is 3.21. The highest BCUT2D eigenvalue weighted by atomic mass is 19.1. The lowest BCUT2D eigenvalue weighted by molar-refractivity contribution is 0.0981. The summed E-state index contributed by atoms with van der Waals surface area (Å²) in [4.78, 5) is 14.6. The average molecular weight is 283 g/mol. The van der Waals surface area contributed by atoms with Gasteiger partial charge in [0.25, 0.3) is 5.91 Å². The minimum atomic E-state index is -0.279. The third-order valence-electron chi connectivity index (χ3n) is 4.00. The predicted molar refractivity (Wildman–Crippen MR) is 82.1 cm³/mol. The highest BCUT2D eigenvalue weighted by molar-refractivity contribution is 6.06. The van der Waals surface area contributed by atoms with Crippen LogP contribution in [0, 0.1) is 18.7 Å². The van der Waals surface area contributed by atoms with Crippen LogP contribution in [0.3, 0.4) is 0 Å². The Hall–Kier alpha value is -2.16. The lowest BCUT2D eigenvalue weighted by Gasteiger charge is -2.33. The van der Waals surface area contributed by atoms with E-state index < -0.39 is 0 Å². The number of nitrogens with zero attached hydrogens (tertiary/aromatic N) is 1. The molecule has 3 heteroatoms. The summed E-state index contributed by atoms with van der Waals surface area (Å²) < 4.78 is 13.4. The molecule has 0 fully saturated rings. The van der Waals surface area contributed by atoms with E-state index >= 15 is 0 Å². The van der Waals surface area contributed by atoms with Gasteiger partial charge in [-0.25, -0.2) is 4.39 Å². The Morgan fingerprint density at radius 3 is 2.76 bits per heavy atom. The van der Waals surface area contributed by atoms with Crippen LogP contribution >= 0.6 is 0 Å². The average Bonchev–Trinajstić information content (AvgIpc) is 2.48. The number of hydrogen-bond donors (Lipinski definition) is 0. The molecule has 1 amide bonds. The fraction of sp³-hybridized carbons (Fsp3) is 0.278. The first-order chi connectivity index (χ1) is 10.1. The minimum Gasteiger partial charge on any atom is -0.308 e. The second-order valence-electron chi connectivity index (χ2n) is 5.82. The molecule has 2 aromatic carbocycles. The predicted octanol–water partition coefficient (Wildman–Crippen LogP) is 3.97. The van der Waals surface area contributed by atoms with Crippen molar-refractivity contribution in [1.29, 1.82) is 0 Å². The number of aryl methyl sites for hydroxylation is 1. The molecule has 0 aliphatic carbocycles. The molecule has 0 radical (unpaired) electrons. The Morgan fingerprint density at radius 2 is 2.00 bits per heavy atom. The number of rotatable bonds is 1. The number of carbonyl (C=O) groups is 1. The molecule has 0 spiro atoms. The first kappa shape index (κ1) is 13.8. The maximum atomic E-state index is 13.4. The molecule has 0 bridgehead atoms. The van der Waals surface area contributed by atoms with Crippen LogP contribution < -0.4 is 4.90 Å². The van der Waals surface area contributed by atoms with E-state index in [1.807, 2.05) is 23.1 Å². The number of halogens is 1. The second-order valence-corrected chi connectivity index (χ2v) is 5.82. The van der Waals surface area contributed by atoms with Crippen molar-refractivity contribution >= 4 is 11.6 Å². The van der Waals surface area contributed by atoms with Gasteiger partial charge in [-0.05, 0) is 54.7 Å². The lowest BCUT2D eigenvalue weighted by Crippen LogP contribution is -2.39. The number of hydrogen-bond acceptors (Lipinski definition) is 1. The van der Waals surface area contributed by atoms with Crippen LogP contribution in [0.25, 0.3) is 0 Å². The number of amides is 1. The third kappa shape index (κ3) is 2.56. The fourth-order valence-electron chi connectivity index (χ4n) is 2.92. The van der Waals surface area contributed by atoms with Gasteiger partial charge < -0.3 is 4.90 Å². The molecule has 1 aliphatic rings. The van der Waals surface area contributed by atoms with Gasteiger partial charge in [0.05, 0.1) is 0 Å². The van der Waals surface area contributed by atoms with Crippen molar-refractivity contribution in [2.75, 3.05) is 11.4 Å². The third-order valence-corrected chi connectivity index (χ3v) is 4.00. The van der Waals surface area contributed by atoms with Gasteiger partial charge in [-0.2, -0.15) is 0 Å². The van der Waals surface area contributed by atoms with Crippen molar-refractivity contribution in [3.05, 3.63) is 65.0 Å². The second kappa shape index (κ2) is 5.32. The van der Waals surface area contributed by atoms with Crippen molar-refractivity contribution in [3.8, 4) is 0 Å². The molecule has 1 heterocycles. The Kier molecular flexibility index (Phi) is 3.50. The highest BCUT2D eigenvalue weighted by Gasteiger charge is 2.27. The van der Waals surface area contributed by atoms with E-state index in [1.165, 1.54) is 11.6 Å². The maximum Gasteiger partial charge on any atom is 0.258 e. The van der Waals surface area contributed by atoms with Gasteiger partial charge in [-0.1, -0.05) is 25.1 Å². The first-order valence-electron chi connectivity index (χ1n) is 7.22. The zero-order valence-corrected chi connectivity index (χ0v) is 12.3. The quantitative estimate of drug-likeness (QED) is 0.775. The Bertz CT molecular complexity index is 695. The largest absolute Gasteiger partial charge is 0.308 e. The molecule has 1 atom stereocenters. The van der Waals surface area contributed by atoms with Crippen LogP contribution in [0.2, 0.25) is 0 Å². The number of fused-ring (bicyclic) bond motifs is 1. The van der Waals surface area contributed by atoms with Gasteiger partial charge in [0, 0.05) is 17.8 Å². The normalized spacial score (nSPS) is 17.5. The molecule has 108 valence electrons. The lowest BCUT2D eigenvalue weighted by atomic mass is 9.93. The molecule has 2 aromatic rings. The van der Waals surface area contributed by atoms with Gasteiger partial charge in [0.2, 0.25) is 0 Å². The summed E-state index contributed by atoms with van der Waals surface area (Å²) in [6, 6.07) is 12.6. The number of benzene rings is 2. The maximum absolute atomic E-state index is 13.4. The first-order valence-corrected chi connectivity index (χ1v) is 7.22. The molecule has 21 heavy (non-hydrogen) atoms. The van der Waals surface area contributed by atoms with Crippen LogP contribution in [-0.2, 0) is 6.42 Å². The van der Waals surface area contributed by atoms with E-state index in [2.05, 4.69) is 13.0 Å². The van der Waals surface area contributed by atoms with Crippen LogP contribution in [0.15, 0.2) is 42.5 Å². The van der Waals surface area contributed by atoms with Gasteiger partial charge in [0.1, 0.15) is 5.82 Å². The van der Waals surface area contributed by atoms with E-state index in [-0.39, 0.29) is 11.7 Å². The van der Waals surface area contributed by atoms with E-state index in [9.17, 15) is 9.18 Å². The Morgan fingerprint density at radius 1 is 1.24 bits per heavy atom. The number of anilines is 1. The molecular formula is C18H18FNO. The molecule has 1 aliphatic heterocycles. The van der Waals surface area contributed by atoms with Crippen molar-refractivity contribution in [2.24, 2.45) is 5.92 Å². The van der Waals surface area contributed by atoms with Gasteiger partial charge in [-0.15, -0.1) is 0 Å². The molecular weight excluding hydrogens is 265 g/mol. The Balaban J connectivity index is 1.99. The monoisotopic (exact) mass is 283 g/mol. The molecule has 2 nitrogen and oxygen atoms in total. The summed E-state index contributed by atoms with van der Waals surface area (Å²) in [6.45, 7) is 4.53. The number of carbonyl (C=O) groups excluding carboxylic acids is 1. The van der Waals surface area contributed by atoms with E-state index in [1.54, 1.807) is 19.1 Å². The molecule has 0 N–H and O–H groups in total. The smallest absolute Gasteiger partial charge is 0.258 e. The summed E-state index contributed by atoms with van der Waals surface area (Å²) in [5, 5.41) is 0. The van der Waals surface area contributed by atoms with Gasteiger partial charge in [0.15, 0.2) is 0 Å². The number of para-hydroxylation sites is 1. The molecule has 3 rings (SSSR count). The van der Waals surface area contributed by atoms with E-state index in [0.29, 0.717) is 23.6 Å². The Labute approximate surface area is 124 Å². The standard InChI is InChI=1S/C18H18FNO/c1-12-9-14-5-3-4-6-17(14)20(11-12)18(21)15-7-8-16(19)13(2)10-15/h3-8,10,12H,9,11H2,1-2H3. The minimum absolute atomic E-state index is 0.0582. The molecule has 0 saturated carbocycles. The topological polar surface area (TPSA) is 20.3 Å². The summed E-state index contributed by atoms with van der Waals surface area (Å²) in [5.74, 6) is 0.0847. The van der Waals surface area contributed by atoms with Crippen LogP contribution in [0.5, 0.6) is 0 Å². The molecule has 0 aromatic heterocycles. The fourth-order valence-corrected chi connectivity index (χ4v) is 2.92. The van der Waals surface area contributed by atoms with Crippen LogP contribution in [-0.4, -0.2) is 12.5 Å². The van der Waals surface area contributed by atoms with Gasteiger partial charge >= 0.3 is 0 Å². The van der Waals surface area contributed by atoms with Crippen molar-refractivity contribution in [3.63, 3.8) is 0 Å². The van der Waals surface area contributed by atoms with Gasteiger partial charge in [-0.3, -0.25) is 4.79 Å². The van der Waals surface area contributed by atoms with E-state index in [4.69, 9.17) is 0 Å². The summed E-state index contributed by atoms with van der Waals surface area (Å²) in [6.07, 6.45) is 0.988.